The summed E-state index contributed by atoms with van der Waals surface area (Å²) in [6, 6.07) is 8.24. The zero-order valence-electron chi connectivity index (χ0n) is 21.5. The van der Waals surface area contributed by atoms with Gasteiger partial charge in [-0.15, -0.1) is 6.42 Å². The summed E-state index contributed by atoms with van der Waals surface area (Å²) in [6.45, 7) is -1.50. The summed E-state index contributed by atoms with van der Waals surface area (Å²) >= 11 is 5.75. The highest BCUT2D eigenvalue weighted by molar-refractivity contribution is 8.09. The smallest absolute Gasteiger partial charge is 0.323 e. The number of carbonyl (C=O) groups is 1. The number of nitrogens with zero attached hydrogens (tertiary/aromatic N) is 5. The molecule has 5 atom stereocenters. The van der Waals surface area contributed by atoms with Crippen LogP contribution in [0.5, 0.6) is 5.75 Å². The fourth-order valence-electron chi connectivity index (χ4n) is 4.04. The van der Waals surface area contributed by atoms with Crippen molar-refractivity contribution in [3.05, 3.63) is 36.7 Å². The minimum atomic E-state index is -3.20. The van der Waals surface area contributed by atoms with E-state index in [-0.39, 0.29) is 18.5 Å². The van der Waals surface area contributed by atoms with Crippen LogP contribution in [-0.2, 0) is 30.6 Å². The molecule has 0 saturated carbocycles. The number of benzene rings is 1. The van der Waals surface area contributed by atoms with Gasteiger partial charge in [0.05, 0.1) is 32.1 Å². The van der Waals surface area contributed by atoms with E-state index >= 15 is 0 Å². The van der Waals surface area contributed by atoms with Crippen LogP contribution in [0.1, 0.15) is 19.6 Å². The Morgan fingerprint density at radius 2 is 2.13 bits per heavy atom. The van der Waals surface area contributed by atoms with E-state index < -0.39 is 31.0 Å². The first kappa shape index (κ1) is 27.8. The lowest BCUT2D eigenvalue weighted by molar-refractivity contribution is -0.142. The number of imidazole rings is 1. The van der Waals surface area contributed by atoms with Gasteiger partial charge in [-0.1, -0.05) is 24.1 Å². The van der Waals surface area contributed by atoms with Crippen molar-refractivity contribution >= 4 is 47.3 Å². The average Bonchev–Trinajstić information content (AvgIpc) is 3.50. The molecule has 2 aromatic heterocycles. The van der Waals surface area contributed by atoms with Gasteiger partial charge in [0.1, 0.15) is 11.8 Å². The summed E-state index contributed by atoms with van der Waals surface area (Å²) in [5, 5.41) is 2.99. The van der Waals surface area contributed by atoms with Crippen molar-refractivity contribution in [2.24, 2.45) is 5.92 Å². The summed E-state index contributed by atoms with van der Waals surface area (Å²) in [5.74, 6) is 3.22. The molecule has 12 nitrogen and oxygen atoms in total. The van der Waals surface area contributed by atoms with Crippen LogP contribution in [0.4, 0.5) is 11.8 Å². The molecule has 1 aliphatic heterocycles. The lowest BCUT2D eigenvalue weighted by Crippen LogP contribution is -2.35. The molecule has 3 aromatic rings. The van der Waals surface area contributed by atoms with Crippen LogP contribution in [0.3, 0.4) is 0 Å². The Morgan fingerprint density at radius 1 is 1.39 bits per heavy atom. The Balaban J connectivity index is 1.54. The molecule has 4 rings (SSSR count). The molecule has 1 saturated heterocycles. The molecular formula is C24H30N7O5PS. The molecule has 38 heavy (non-hydrogen) atoms. The number of para-hydroxylation sites is 1. The van der Waals surface area contributed by atoms with Crippen molar-refractivity contribution in [1.82, 2.24) is 24.6 Å². The first-order valence-corrected chi connectivity index (χ1v) is 14.4. The number of hydrogen-bond donors (Lipinski definition) is 2. The lowest BCUT2D eigenvalue weighted by atomic mass is 10.0. The highest BCUT2D eigenvalue weighted by Gasteiger charge is 2.38. The largest absolute Gasteiger partial charge is 0.468 e. The number of nitrogens with one attached hydrogen (secondary N) is 1. The van der Waals surface area contributed by atoms with E-state index in [1.807, 2.05) is 37.2 Å². The van der Waals surface area contributed by atoms with E-state index in [0.29, 0.717) is 29.2 Å². The summed E-state index contributed by atoms with van der Waals surface area (Å²) in [4.78, 5) is 27.0. The van der Waals surface area contributed by atoms with Crippen molar-refractivity contribution in [3.63, 3.8) is 0 Å². The first-order valence-electron chi connectivity index (χ1n) is 11.8. The van der Waals surface area contributed by atoms with Crippen LogP contribution >= 0.6 is 6.64 Å². The van der Waals surface area contributed by atoms with Crippen molar-refractivity contribution in [3.8, 4) is 18.1 Å². The van der Waals surface area contributed by atoms with Gasteiger partial charge < -0.3 is 29.2 Å². The number of anilines is 2. The van der Waals surface area contributed by atoms with Crippen LogP contribution in [0.15, 0.2) is 36.7 Å². The molecular weight excluding hydrogens is 529 g/mol. The van der Waals surface area contributed by atoms with E-state index in [1.165, 1.54) is 7.11 Å². The minimum absolute atomic E-state index is 0.0758. The second-order valence-corrected chi connectivity index (χ2v) is 12.0. The van der Waals surface area contributed by atoms with Crippen molar-refractivity contribution in [1.29, 1.82) is 0 Å². The molecule has 1 aliphatic rings. The third-order valence-electron chi connectivity index (χ3n) is 5.83. The lowest BCUT2D eigenvalue weighted by Gasteiger charge is -2.27. The highest BCUT2D eigenvalue weighted by Crippen LogP contribution is 2.47. The number of carbonyl (C=O) groups excluding carboxylic acids is 1. The summed E-state index contributed by atoms with van der Waals surface area (Å²) in [6.07, 6.45) is 7.01. The van der Waals surface area contributed by atoms with Crippen LogP contribution in [0, 0.1) is 18.3 Å². The Hall–Kier alpha value is -3.27. The standard InChI is InChI=1S/C24H30N7O5PS/c1-6-16-12-18(35-22(16)31-14-26-19-20(30(3)4)27-24(25)28-21(19)31)13-34-37(38,29-15(2)23(32)33-5)36-17-10-8-7-9-11-17/h1,7-11,14-16,18,22H,12-13H2,2-5H3,(H,29,38)(H2,25,27,28)/t15-,16+,18+,22-,37?/m1/s1. The predicted octanol–water partition coefficient (Wildman–Crippen LogP) is 2.48. The summed E-state index contributed by atoms with van der Waals surface area (Å²) in [5.41, 5.74) is 7.05. The molecule has 202 valence electrons. The fraction of sp³-hybridized carbons (Fsp3) is 0.417. The first-order chi connectivity index (χ1) is 18.1. The zero-order valence-corrected chi connectivity index (χ0v) is 23.2. The highest BCUT2D eigenvalue weighted by atomic mass is 32.5. The SMILES string of the molecule is C#C[C@H]1C[C@@H](COP(=S)(N[C@H](C)C(=O)OC)Oc2ccccc2)O[C@H]1n1cnc2c(N(C)C)nc(N)nc21. The van der Waals surface area contributed by atoms with Gasteiger partial charge >= 0.3 is 12.6 Å². The van der Waals surface area contributed by atoms with Gasteiger partial charge in [-0.2, -0.15) is 9.97 Å². The number of nitrogens with two attached hydrogens (primary N) is 1. The molecule has 3 N–H and O–H groups in total. The number of hydrogen-bond acceptors (Lipinski definition) is 11. The molecule has 3 heterocycles. The van der Waals surface area contributed by atoms with Gasteiger partial charge in [-0.3, -0.25) is 9.36 Å². The number of terminal acetylenes is 1. The summed E-state index contributed by atoms with van der Waals surface area (Å²) < 4.78 is 25.0. The molecule has 0 radical (unpaired) electrons. The number of nitrogen functional groups attached to an aromatic ring is 1. The topological polar surface area (TPSA) is 139 Å². The van der Waals surface area contributed by atoms with E-state index in [0.717, 1.165) is 0 Å². The van der Waals surface area contributed by atoms with E-state index in [9.17, 15) is 4.79 Å². The Kier molecular flexibility index (Phi) is 8.50. The average molecular weight is 560 g/mol. The van der Waals surface area contributed by atoms with Crippen LogP contribution < -0.4 is 20.2 Å². The third kappa shape index (κ3) is 6.06. The quantitative estimate of drug-likeness (QED) is 0.214. The van der Waals surface area contributed by atoms with Crippen LogP contribution in [0.2, 0.25) is 0 Å². The Labute approximate surface area is 226 Å². The van der Waals surface area contributed by atoms with Gasteiger partial charge in [0.25, 0.3) is 0 Å². The zero-order chi connectivity index (χ0) is 27.4. The maximum absolute atomic E-state index is 12.1. The molecule has 0 amide bonds. The third-order valence-corrected chi connectivity index (χ3v) is 8.33. The minimum Gasteiger partial charge on any atom is -0.468 e. The Bertz CT molecular complexity index is 1380. The molecule has 14 heteroatoms. The van der Waals surface area contributed by atoms with Gasteiger partial charge in [-0.05, 0) is 37.3 Å². The van der Waals surface area contributed by atoms with E-state index in [2.05, 4.69) is 26.0 Å². The van der Waals surface area contributed by atoms with Gasteiger partial charge in [0.2, 0.25) is 5.95 Å². The van der Waals surface area contributed by atoms with Crippen molar-refractivity contribution in [2.75, 3.05) is 38.4 Å². The normalized spacial score (nSPS) is 21.4. The number of fused-ring (bicyclic) bond motifs is 1. The van der Waals surface area contributed by atoms with Gasteiger partial charge in [0, 0.05) is 14.1 Å². The maximum Gasteiger partial charge on any atom is 0.323 e. The molecule has 1 aromatic carbocycles. The summed E-state index contributed by atoms with van der Waals surface area (Å²) in [7, 11) is 5.00. The van der Waals surface area contributed by atoms with Gasteiger partial charge in [-0.25, -0.2) is 10.1 Å². The van der Waals surface area contributed by atoms with Crippen LogP contribution in [0.25, 0.3) is 11.2 Å². The van der Waals surface area contributed by atoms with Crippen LogP contribution in [-0.4, -0.2) is 65.4 Å². The molecule has 0 aliphatic carbocycles. The fourth-order valence-corrected chi connectivity index (χ4v) is 6.47. The second kappa shape index (κ2) is 11.6. The number of rotatable bonds is 10. The molecule has 1 unspecified atom stereocenters. The molecule has 0 bridgehead atoms. The predicted molar refractivity (Wildman–Crippen MR) is 147 cm³/mol. The Morgan fingerprint density at radius 3 is 2.79 bits per heavy atom. The second-order valence-electron chi connectivity index (χ2n) is 8.85. The van der Waals surface area contributed by atoms with Gasteiger partial charge in [0.15, 0.2) is 23.2 Å². The monoisotopic (exact) mass is 559 g/mol. The van der Waals surface area contributed by atoms with Crippen molar-refractivity contribution in [2.45, 2.75) is 31.7 Å². The van der Waals surface area contributed by atoms with E-state index in [1.54, 1.807) is 30.0 Å². The maximum atomic E-state index is 12.1. The molecule has 0 spiro atoms. The van der Waals surface area contributed by atoms with Crippen molar-refractivity contribution < 1.29 is 23.3 Å². The number of ether oxygens (including phenoxy) is 2. The number of methoxy groups -OCH3 is 1. The molecule has 1 fully saturated rings. The number of esters is 1. The van der Waals surface area contributed by atoms with E-state index in [4.69, 9.17) is 42.5 Å². The number of aromatic nitrogens is 4.